The molecule has 120 valence electrons. The third-order valence-electron chi connectivity index (χ3n) is 2.78. The number of unbranched alkanes of at least 4 members (excludes halogenated alkanes) is 4. The Bertz CT molecular complexity index is 254. The molecule has 0 atom stereocenters. The van der Waals surface area contributed by atoms with E-state index in [0.717, 1.165) is 19.3 Å². The van der Waals surface area contributed by atoms with Gasteiger partial charge in [-0.1, -0.05) is 53.4 Å². The second kappa shape index (κ2) is 12.9. The molecule has 0 fully saturated rings. The maximum Gasteiger partial charge on any atom is 0.303 e. The van der Waals surface area contributed by atoms with Crippen molar-refractivity contribution < 1.29 is 19.8 Å². The Balaban J connectivity index is 0. The SMILES string of the molecule is CC(C)(C)CCCCCCCC(=O)O.CCCC(=O)O. The van der Waals surface area contributed by atoms with Gasteiger partial charge in [-0.25, -0.2) is 0 Å². The van der Waals surface area contributed by atoms with Crippen molar-refractivity contribution in [1.29, 1.82) is 0 Å². The van der Waals surface area contributed by atoms with Crippen LogP contribution in [-0.4, -0.2) is 22.2 Å². The molecule has 0 aliphatic rings. The molecule has 0 aromatic heterocycles. The van der Waals surface area contributed by atoms with Crippen LogP contribution in [0.2, 0.25) is 0 Å². The lowest BCUT2D eigenvalue weighted by Crippen LogP contribution is -2.03. The number of carboxylic acid groups (broad SMARTS) is 2. The number of carboxylic acids is 2. The minimum atomic E-state index is -0.711. The third-order valence-corrected chi connectivity index (χ3v) is 2.78. The molecule has 0 amide bonds. The smallest absolute Gasteiger partial charge is 0.303 e. The van der Waals surface area contributed by atoms with E-state index in [1.165, 1.54) is 25.7 Å². The average molecular weight is 288 g/mol. The van der Waals surface area contributed by atoms with Crippen molar-refractivity contribution in [3.8, 4) is 0 Å². The molecule has 0 aliphatic heterocycles. The van der Waals surface area contributed by atoms with Gasteiger partial charge in [-0.05, 0) is 24.7 Å². The first-order valence-corrected chi connectivity index (χ1v) is 7.62. The predicted molar refractivity (Wildman–Crippen MR) is 82.0 cm³/mol. The van der Waals surface area contributed by atoms with Crippen LogP contribution in [-0.2, 0) is 9.59 Å². The van der Waals surface area contributed by atoms with Gasteiger partial charge in [-0.2, -0.15) is 0 Å². The molecule has 4 nitrogen and oxygen atoms in total. The number of aliphatic carboxylic acids is 2. The summed E-state index contributed by atoms with van der Waals surface area (Å²) in [6.07, 6.45) is 8.23. The third kappa shape index (κ3) is 25.7. The first-order chi connectivity index (χ1) is 9.19. The minimum Gasteiger partial charge on any atom is -0.481 e. The van der Waals surface area contributed by atoms with Crippen LogP contribution in [0.4, 0.5) is 0 Å². The molecule has 0 rings (SSSR count). The Morgan fingerprint density at radius 2 is 1.25 bits per heavy atom. The molecule has 0 unspecified atom stereocenters. The fourth-order valence-corrected chi connectivity index (χ4v) is 1.68. The van der Waals surface area contributed by atoms with Gasteiger partial charge in [0.2, 0.25) is 0 Å². The van der Waals surface area contributed by atoms with Crippen LogP contribution in [0.25, 0.3) is 0 Å². The van der Waals surface area contributed by atoms with E-state index in [9.17, 15) is 9.59 Å². The van der Waals surface area contributed by atoms with E-state index in [4.69, 9.17) is 10.2 Å². The molecule has 2 N–H and O–H groups in total. The highest BCUT2D eigenvalue weighted by Gasteiger charge is 2.08. The summed E-state index contributed by atoms with van der Waals surface area (Å²) in [7, 11) is 0. The van der Waals surface area contributed by atoms with Crippen molar-refractivity contribution in [2.24, 2.45) is 5.41 Å². The van der Waals surface area contributed by atoms with Crippen molar-refractivity contribution >= 4 is 11.9 Å². The molecule has 0 bridgehead atoms. The van der Waals surface area contributed by atoms with E-state index in [0.29, 0.717) is 18.3 Å². The summed E-state index contributed by atoms with van der Waals surface area (Å²) in [4.78, 5) is 19.8. The van der Waals surface area contributed by atoms with Gasteiger partial charge in [0, 0.05) is 12.8 Å². The highest BCUT2D eigenvalue weighted by molar-refractivity contribution is 5.66. The van der Waals surface area contributed by atoms with Crippen LogP contribution < -0.4 is 0 Å². The second-order valence-corrected chi connectivity index (χ2v) is 6.37. The Hall–Kier alpha value is -1.06. The first-order valence-electron chi connectivity index (χ1n) is 7.62. The summed E-state index contributed by atoms with van der Waals surface area (Å²) in [5, 5.41) is 16.3. The van der Waals surface area contributed by atoms with Crippen molar-refractivity contribution in [3.05, 3.63) is 0 Å². The molecule has 0 saturated heterocycles. The van der Waals surface area contributed by atoms with Crippen LogP contribution in [0, 0.1) is 5.41 Å². The Morgan fingerprint density at radius 3 is 1.60 bits per heavy atom. The fourth-order valence-electron chi connectivity index (χ4n) is 1.68. The highest BCUT2D eigenvalue weighted by atomic mass is 16.4. The Morgan fingerprint density at radius 1 is 0.800 bits per heavy atom. The summed E-state index contributed by atoms with van der Waals surface area (Å²) in [6, 6.07) is 0. The summed E-state index contributed by atoms with van der Waals surface area (Å²) in [6.45, 7) is 8.63. The summed E-state index contributed by atoms with van der Waals surface area (Å²) in [5.74, 6) is -1.38. The van der Waals surface area contributed by atoms with Crippen LogP contribution in [0.3, 0.4) is 0 Å². The largest absolute Gasteiger partial charge is 0.481 e. The summed E-state index contributed by atoms with van der Waals surface area (Å²) < 4.78 is 0. The lowest BCUT2D eigenvalue weighted by atomic mass is 9.89. The van der Waals surface area contributed by atoms with E-state index < -0.39 is 11.9 Å². The molecule has 0 aromatic rings. The van der Waals surface area contributed by atoms with Crippen LogP contribution >= 0.6 is 0 Å². The van der Waals surface area contributed by atoms with Gasteiger partial charge >= 0.3 is 11.9 Å². The molecular formula is C16H32O4. The maximum atomic E-state index is 10.2. The van der Waals surface area contributed by atoms with E-state index >= 15 is 0 Å². The average Bonchev–Trinajstić information content (AvgIpc) is 2.26. The van der Waals surface area contributed by atoms with Crippen LogP contribution in [0.5, 0.6) is 0 Å². The molecule has 0 aliphatic carbocycles. The fraction of sp³-hybridized carbons (Fsp3) is 0.875. The van der Waals surface area contributed by atoms with Gasteiger partial charge in [0.25, 0.3) is 0 Å². The lowest BCUT2D eigenvalue weighted by molar-refractivity contribution is -0.138. The number of rotatable bonds is 9. The number of hydrogen-bond donors (Lipinski definition) is 2. The van der Waals surface area contributed by atoms with Gasteiger partial charge < -0.3 is 10.2 Å². The van der Waals surface area contributed by atoms with Crippen molar-refractivity contribution in [2.45, 2.75) is 85.5 Å². The molecular weight excluding hydrogens is 256 g/mol. The molecule has 0 spiro atoms. The van der Waals surface area contributed by atoms with Gasteiger partial charge in [-0.3, -0.25) is 9.59 Å². The zero-order chi connectivity index (χ0) is 16.0. The lowest BCUT2D eigenvalue weighted by Gasteiger charge is -2.17. The minimum absolute atomic E-state index is 0.292. The second-order valence-electron chi connectivity index (χ2n) is 6.37. The molecule has 0 radical (unpaired) electrons. The van der Waals surface area contributed by atoms with Gasteiger partial charge in [0.05, 0.1) is 0 Å². The monoisotopic (exact) mass is 288 g/mol. The first kappa shape index (κ1) is 21.2. The van der Waals surface area contributed by atoms with Crippen LogP contribution in [0.1, 0.15) is 85.5 Å². The van der Waals surface area contributed by atoms with Crippen LogP contribution in [0.15, 0.2) is 0 Å². The van der Waals surface area contributed by atoms with Gasteiger partial charge in [0.15, 0.2) is 0 Å². The zero-order valence-electron chi connectivity index (χ0n) is 13.6. The molecule has 4 heteroatoms. The van der Waals surface area contributed by atoms with Gasteiger partial charge in [-0.15, -0.1) is 0 Å². The van der Waals surface area contributed by atoms with E-state index in [-0.39, 0.29) is 0 Å². The quantitative estimate of drug-likeness (QED) is 0.602. The van der Waals surface area contributed by atoms with E-state index in [1.807, 2.05) is 6.92 Å². The number of carbonyl (C=O) groups is 2. The topological polar surface area (TPSA) is 74.6 Å². The normalized spacial score (nSPS) is 10.6. The highest BCUT2D eigenvalue weighted by Crippen LogP contribution is 2.22. The molecule has 20 heavy (non-hydrogen) atoms. The van der Waals surface area contributed by atoms with E-state index in [2.05, 4.69) is 20.8 Å². The summed E-state index contributed by atoms with van der Waals surface area (Å²) in [5.41, 5.74) is 0.446. The van der Waals surface area contributed by atoms with Crippen molar-refractivity contribution in [2.75, 3.05) is 0 Å². The predicted octanol–water partition coefficient (Wildman–Crippen LogP) is 4.72. The van der Waals surface area contributed by atoms with Gasteiger partial charge in [0.1, 0.15) is 0 Å². The standard InChI is InChI=1S/C12H24O2.C4H8O2/c1-12(2,3)10-8-6-4-5-7-9-11(13)14;1-2-3-4(5)6/h4-10H2,1-3H3,(H,13,14);2-3H2,1H3,(H,5,6). The van der Waals surface area contributed by atoms with Crippen molar-refractivity contribution in [1.82, 2.24) is 0 Å². The zero-order valence-corrected chi connectivity index (χ0v) is 13.6. The Labute approximate surface area is 123 Å². The molecule has 0 aromatic carbocycles. The number of hydrogen-bond acceptors (Lipinski definition) is 2. The summed E-state index contributed by atoms with van der Waals surface area (Å²) >= 11 is 0. The maximum absolute atomic E-state index is 10.2. The molecule has 0 heterocycles. The van der Waals surface area contributed by atoms with E-state index in [1.54, 1.807) is 0 Å². The van der Waals surface area contributed by atoms with Crippen molar-refractivity contribution in [3.63, 3.8) is 0 Å². The molecule has 0 saturated carbocycles. The Kier molecular flexibility index (Phi) is 13.8.